The zero-order valence-electron chi connectivity index (χ0n) is 10.8. The molecular formula is C11H17ClN2O5S. The van der Waals surface area contributed by atoms with E-state index in [-0.39, 0.29) is 15.6 Å². The van der Waals surface area contributed by atoms with Crippen LogP contribution in [-0.2, 0) is 10.0 Å². The Balaban J connectivity index is 3.28. The minimum atomic E-state index is -4.09. The van der Waals surface area contributed by atoms with Gasteiger partial charge in [-0.1, -0.05) is 11.6 Å². The second-order valence-electron chi connectivity index (χ2n) is 4.50. The van der Waals surface area contributed by atoms with Crippen LogP contribution in [0.2, 0.25) is 5.02 Å². The van der Waals surface area contributed by atoms with Crippen LogP contribution in [0.1, 0.15) is 5.56 Å². The molecule has 0 amide bonds. The van der Waals surface area contributed by atoms with E-state index in [0.717, 1.165) is 0 Å². The average Bonchev–Trinajstić information content (AvgIpc) is 2.40. The monoisotopic (exact) mass is 324 g/mol. The third-order valence-corrected chi connectivity index (χ3v) is 4.89. The first-order chi connectivity index (χ1) is 9.21. The van der Waals surface area contributed by atoms with Gasteiger partial charge in [-0.15, -0.1) is 0 Å². The van der Waals surface area contributed by atoms with Crippen molar-refractivity contribution in [2.24, 2.45) is 0 Å². The number of hydrogen-bond acceptors (Lipinski definition) is 6. The van der Waals surface area contributed by atoms with Crippen molar-refractivity contribution in [2.75, 3.05) is 25.6 Å². The number of nitrogens with one attached hydrogen (secondary N) is 1. The van der Waals surface area contributed by atoms with Crippen molar-refractivity contribution in [1.82, 2.24) is 4.72 Å². The highest BCUT2D eigenvalue weighted by atomic mass is 35.5. The average molecular weight is 325 g/mol. The molecule has 0 atom stereocenters. The summed E-state index contributed by atoms with van der Waals surface area (Å²) >= 11 is 5.79. The van der Waals surface area contributed by atoms with Crippen LogP contribution in [0.15, 0.2) is 17.0 Å². The number of rotatable bonds is 6. The number of hydrogen-bond donors (Lipinski definition) is 5. The highest BCUT2D eigenvalue weighted by Gasteiger charge is 2.34. The SMILES string of the molecule is Cc1cc(Cl)c(N)cc1S(=O)(=O)NC(CO)(CO)CO. The maximum Gasteiger partial charge on any atom is 0.241 e. The van der Waals surface area contributed by atoms with Crippen LogP contribution in [0.5, 0.6) is 0 Å². The Hall–Kier alpha value is -0.900. The normalized spacial score (nSPS) is 12.7. The third kappa shape index (κ3) is 3.40. The summed E-state index contributed by atoms with van der Waals surface area (Å²) in [6.07, 6.45) is 0. The van der Waals surface area contributed by atoms with Gasteiger partial charge in [0.15, 0.2) is 0 Å². The number of anilines is 1. The van der Waals surface area contributed by atoms with Gasteiger partial charge in [-0.05, 0) is 24.6 Å². The third-order valence-electron chi connectivity index (χ3n) is 2.84. The van der Waals surface area contributed by atoms with Gasteiger partial charge in [-0.2, -0.15) is 4.72 Å². The van der Waals surface area contributed by atoms with Gasteiger partial charge in [0, 0.05) is 0 Å². The Kier molecular flexibility index (Phi) is 5.36. The summed E-state index contributed by atoms with van der Waals surface area (Å²) in [6.45, 7) is -0.761. The molecule has 0 aliphatic carbocycles. The van der Waals surface area contributed by atoms with Crippen LogP contribution in [0.4, 0.5) is 5.69 Å². The van der Waals surface area contributed by atoms with E-state index in [4.69, 9.17) is 32.7 Å². The molecule has 1 aromatic rings. The fourth-order valence-electron chi connectivity index (χ4n) is 1.54. The van der Waals surface area contributed by atoms with E-state index in [9.17, 15) is 8.42 Å². The molecule has 0 heterocycles. The Morgan fingerprint density at radius 2 is 1.75 bits per heavy atom. The van der Waals surface area contributed by atoms with Crippen molar-refractivity contribution in [2.45, 2.75) is 17.4 Å². The summed E-state index contributed by atoms with van der Waals surface area (Å²) in [5.74, 6) is 0. The van der Waals surface area contributed by atoms with Crippen LogP contribution < -0.4 is 10.5 Å². The second kappa shape index (κ2) is 6.25. The van der Waals surface area contributed by atoms with Crippen molar-refractivity contribution < 1.29 is 23.7 Å². The van der Waals surface area contributed by atoms with E-state index in [1.165, 1.54) is 19.1 Å². The Bertz CT molecular complexity index is 578. The van der Waals surface area contributed by atoms with Crippen LogP contribution in [0, 0.1) is 6.92 Å². The molecule has 0 fully saturated rings. The Morgan fingerprint density at radius 3 is 2.20 bits per heavy atom. The van der Waals surface area contributed by atoms with Crippen molar-refractivity contribution in [3.63, 3.8) is 0 Å². The van der Waals surface area contributed by atoms with E-state index in [1.54, 1.807) is 0 Å². The van der Waals surface area contributed by atoms with Crippen LogP contribution in [-0.4, -0.2) is 49.1 Å². The molecule has 0 bridgehead atoms. The summed E-state index contributed by atoms with van der Waals surface area (Å²) in [5.41, 5.74) is 4.26. The molecule has 0 spiro atoms. The van der Waals surface area contributed by atoms with Crippen LogP contribution >= 0.6 is 11.6 Å². The summed E-state index contributed by atoms with van der Waals surface area (Å²) in [7, 11) is -4.09. The summed E-state index contributed by atoms with van der Waals surface area (Å²) in [5, 5.41) is 27.7. The lowest BCUT2D eigenvalue weighted by Gasteiger charge is -2.28. The molecule has 0 saturated heterocycles. The van der Waals surface area contributed by atoms with Gasteiger partial charge >= 0.3 is 0 Å². The van der Waals surface area contributed by atoms with Gasteiger partial charge in [-0.3, -0.25) is 0 Å². The lowest BCUT2D eigenvalue weighted by Crippen LogP contribution is -2.56. The second-order valence-corrected chi connectivity index (χ2v) is 6.56. The van der Waals surface area contributed by atoms with Crippen molar-refractivity contribution in [1.29, 1.82) is 0 Å². The maximum atomic E-state index is 12.3. The fourth-order valence-corrected chi connectivity index (χ4v) is 3.40. The van der Waals surface area contributed by atoms with E-state index in [1.807, 2.05) is 0 Å². The highest BCUT2D eigenvalue weighted by Crippen LogP contribution is 2.26. The molecule has 6 N–H and O–H groups in total. The highest BCUT2D eigenvalue weighted by molar-refractivity contribution is 7.89. The molecule has 1 rings (SSSR count). The van der Waals surface area contributed by atoms with Crippen LogP contribution in [0.3, 0.4) is 0 Å². The van der Waals surface area contributed by atoms with Gasteiger partial charge in [0.05, 0.1) is 35.4 Å². The number of aryl methyl sites for hydroxylation is 1. The summed E-state index contributed by atoms with van der Waals surface area (Å²) in [4.78, 5) is -0.140. The summed E-state index contributed by atoms with van der Waals surface area (Å²) < 4.78 is 26.6. The number of nitrogen functional groups attached to an aromatic ring is 1. The molecule has 1 aromatic carbocycles. The zero-order chi connectivity index (χ0) is 15.6. The lowest BCUT2D eigenvalue weighted by molar-refractivity contribution is 0.0582. The van der Waals surface area contributed by atoms with Gasteiger partial charge in [-0.25, -0.2) is 8.42 Å². The van der Waals surface area contributed by atoms with E-state index < -0.39 is 35.4 Å². The first-order valence-corrected chi connectivity index (χ1v) is 7.49. The minimum Gasteiger partial charge on any atom is -0.397 e. The van der Waals surface area contributed by atoms with Crippen molar-refractivity contribution >= 4 is 27.3 Å². The first-order valence-electron chi connectivity index (χ1n) is 5.63. The van der Waals surface area contributed by atoms with E-state index >= 15 is 0 Å². The molecule has 7 nitrogen and oxygen atoms in total. The molecule has 0 saturated carbocycles. The molecule has 20 heavy (non-hydrogen) atoms. The van der Waals surface area contributed by atoms with Crippen LogP contribution in [0.25, 0.3) is 0 Å². The number of sulfonamides is 1. The summed E-state index contributed by atoms with van der Waals surface area (Å²) in [6, 6.07) is 2.57. The van der Waals surface area contributed by atoms with Gasteiger partial charge in [0.1, 0.15) is 5.54 Å². The van der Waals surface area contributed by atoms with Gasteiger partial charge in [0.25, 0.3) is 0 Å². The Morgan fingerprint density at radius 1 is 1.25 bits per heavy atom. The molecule has 0 aliphatic heterocycles. The minimum absolute atomic E-state index is 0.0836. The quantitative estimate of drug-likeness (QED) is 0.436. The number of benzene rings is 1. The molecule has 0 aliphatic rings. The molecule has 0 unspecified atom stereocenters. The fraction of sp³-hybridized carbons (Fsp3) is 0.455. The van der Waals surface area contributed by atoms with E-state index in [0.29, 0.717) is 5.56 Å². The number of nitrogens with two attached hydrogens (primary N) is 1. The largest absolute Gasteiger partial charge is 0.397 e. The lowest BCUT2D eigenvalue weighted by atomic mass is 10.1. The predicted octanol–water partition coefficient (Wildman–Crippen LogP) is -0.775. The van der Waals surface area contributed by atoms with Gasteiger partial charge in [0.2, 0.25) is 10.0 Å². The smallest absolute Gasteiger partial charge is 0.241 e. The molecule has 9 heteroatoms. The predicted molar refractivity (Wildman–Crippen MR) is 74.9 cm³/mol. The standard InChI is InChI=1S/C11H17ClN2O5S/c1-7-2-8(12)9(13)3-10(7)20(18,19)14-11(4-15,5-16)6-17/h2-3,14-17H,4-6,13H2,1H3. The van der Waals surface area contributed by atoms with Gasteiger partial charge < -0.3 is 21.1 Å². The number of aliphatic hydroxyl groups is 3. The maximum absolute atomic E-state index is 12.3. The molecule has 0 radical (unpaired) electrons. The number of aliphatic hydroxyl groups excluding tert-OH is 3. The zero-order valence-corrected chi connectivity index (χ0v) is 12.4. The van der Waals surface area contributed by atoms with Crippen molar-refractivity contribution in [3.8, 4) is 0 Å². The molecule has 114 valence electrons. The van der Waals surface area contributed by atoms with E-state index in [2.05, 4.69) is 4.72 Å². The number of halogens is 1. The Labute approximate surface area is 122 Å². The first kappa shape index (κ1) is 17.2. The molecule has 0 aromatic heterocycles. The molecular weight excluding hydrogens is 308 g/mol. The van der Waals surface area contributed by atoms with Crippen molar-refractivity contribution in [3.05, 3.63) is 22.7 Å². The topological polar surface area (TPSA) is 133 Å².